The van der Waals surface area contributed by atoms with Gasteiger partial charge in [-0.2, -0.15) is 0 Å². The number of carbonyl (C=O) groups is 1. The minimum Gasteiger partial charge on any atom is -0.369 e. The number of hydrogen-bond donors (Lipinski definition) is 3. The highest BCUT2D eigenvalue weighted by Gasteiger charge is 2.24. The Labute approximate surface area is 208 Å². The number of pyridine rings is 1. The fourth-order valence-corrected chi connectivity index (χ4v) is 3.94. The van der Waals surface area contributed by atoms with E-state index >= 15 is 0 Å². The molecule has 174 valence electrons. The summed E-state index contributed by atoms with van der Waals surface area (Å²) in [6.45, 7) is 9.92. The van der Waals surface area contributed by atoms with Crippen molar-refractivity contribution >= 4 is 41.7 Å². The minimum absolute atomic E-state index is 0. The molecule has 0 radical (unpaired) electrons. The van der Waals surface area contributed by atoms with E-state index in [0.29, 0.717) is 6.54 Å². The van der Waals surface area contributed by atoms with Crippen LogP contribution >= 0.6 is 24.0 Å². The Morgan fingerprint density at radius 3 is 2.59 bits per heavy atom. The van der Waals surface area contributed by atoms with Crippen molar-refractivity contribution in [2.45, 2.75) is 46.7 Å². The van der Waals surface area contributed by atoms with E-state index in [1.807, 2.05) is 12.3 Å². The first-order chi connectivity index (χ1) is 15.0. The van der Waals surface area contributed by atoms with Crippen molar-refractivity contribution in [1.82, 2.24) is 15.6 Å². The van der Waals surface area contributed by atoms with Gasteiger partial charge in [-0.05, 0) is 50.8 Å². The van der Waals surface area contributed by atoms with Gasteiger partial charge in [0.25, 0.3) is 0 Å². The first-order valence-electron chi connectivity index (χ1n) is 11.0. The van der Waals surface area contributed by atoms with Crippen LogP contribution in [0.4, 0.5) is 5.82 Å². The van der Waals surface area contributed by atoms with Gasteiger partial charge < -0.3 is 21.3 Å². The lowest BCUT2D eigenvalue weighted by Gasteiger charge is -2.32. The lowest BCUT2D eigenvalue weighted by molar-refractivity contribution is -0.122. The summed E-state index contributed by atoms with van der Waals surface area (Å²) in [7, 11) is 0. The molecular formula is C24H35IN6O. The van der Waals surface area contributed by atoms with E-state index < -0.39 is 0 Å². The molecule has 4 N–H and O–H groups in total. The molecule has 2 heterocycles. The molecule has 1 aromatic heterocycles. The highest BCUT2D eigenvalue weighted by molar-refractivity contribution is 14.0. The second-order valence-corrected chi connectivity index (χ2v) is 8.13. The molecule has 1 aromatic carbocycles. The van der Waals surface area contributed by atoms with Gasteiger partial charge in [-0.1, -0.05) is 29.8 Å². The number of anilines is 1. The van der Waals surface area contributed by atoms with E-state index in [0.717, 1.165) is 56.4 Å². The van der Waals surface area contributed by atoms with E-state index in [2.05, 4.69) is 65.6 Å². The number of benzene rings is 1. The molecule has 0 atom stereocenters. The van der Waals surface area contributed by atoms with E-state index in [-0.39, 0.29) is 35.8 Å². The topological polar surface area (TPSA) is 95.6 Å². The standard InChI is InChI=1S/C24H34N6O.HI/c1-4-26-24(28-15-20-8-7-17(2)14-18(20)3)29-16-21-6-5-11-27-23(21)30-12-9-19(10-13-30)22(25)31;/h5-8,11,14,19H,4,9-10,12-13,15-16H2,1-3H3,(H2,25,31)(H2,26,28,29);1H. The molecule has 2 aromatic rings. The minimum atomic E-state index is -0.198. The van der Waals surface area contributed by atoms with E-state index in [9.17, 15) is 4.79 Å². The van der Waals surface area contributed by atoms with Gasteiger partial charge in [-0.25, -0.2) is 9.98 Å². The Morgan fingerprint density at radius 2 is 1.94 bits per heavy atom. The van der Waals surface area contributed by atoms with Gasteiger partial charge in [0.05, 0.1) is 6.54 Å². The van der Waals surface area contributed by atoms with Crippen LogP contribution in [0.25, 0.3) is 0 Å². The predicted octanol–water partition coefficient (Wildman–Crippen LogP) is 3.27. The molecule has 3 rings (SSSR count). The molecule has 8 heteroatoms. The zero-order chi connectivity index (χ0) is 22.2. The third-order valence-electron chi connectivity index (χ3n) is 5.76. The largest absolute Gasteiger partial charge is 0.369 e. The van der Waals surface area contributed by atoms with Crippen LogP contribution in [0.2, 0.25) is 0 Å². The molecule has 1 aliphatic heterocycles. The van der Waals surface area contributed by atoms with Crippen LogP contribution in [0.3, 0.4) is 0 Å². The Hall–Kier alpha value is -2.36. The van der Waals surface area contributed by atoms with Crippen LogP contribution in [-0.2, 0) is 17.9 Å². The Morgan fingerprint density at radius 1 is 1.19 bits per heavy atom. The second-order valence-electron chi connectivity index (χ2n) is 8.13. The van der Waals surface area contributed by atoms with Crippen LogP contribution in [0.1, 0.15) is 42.0 Å². The molecular weight excluding hydrogens is 515 g/mol. The fraction of sp³-hybridized carbons (Fsp3) is 0.458. The fourth-order valence-electron chi connectivity index (χ4n) is 3.94. The summed E-state index contributed by atoms with van der Waals surface area (Å²) in [5.74, 6) is 1.50. The van der Waals surface area contributed by atoms with Crippen LogP contribution in [0.5, 0.6) is 0 Å². The van der Waals surface area contributed by atoms with Gasteiger partial charge in [0.15, 0.2) is 5.96 Å². The van der Waals surface area contributed by atoms with Crippen molar-refractivity contribution in [1.29, 1.82) is 0 Å². The number of amides is 1. The molecule has 1 fully saturated rings. The molecule has 0 unspecified atom stereocenters. The highest BCUT2D eigenvalue weighted by Crippen LogP contribution is 2.25. The molecule has 0 spiro atoms. The number of nitrogens with one attached hydrogen (secondary N) is 2. The van der Waals surface area contributed by atoms with Crippen molar-refractivity contribution in [3.05, 3.63) is 58.8 Å². The maximum atomic E-state index is 11.5. The van der Waals surface area contributed by atoms with Crippen molar-refractivity contribution in [2.75, 3.05) is 24.5 Å². The smallest absolute Gasteiger partial charge is 0.220 e. The monoisotopic (exact) mass is 550 g/mol. The van der Waals surface area contributed by atoms with Gasteiger partial charge in [0.2, 0.25) is 5.91 Å². The van der Waals surface area contributed by atoms with Gasteiger partial charge in [-0.15, -0.1) is 24.0 Å². The number of halogens is 1. The summed E-state index contributed by atoms with van der Waals surface area (Å²) in [6, 6.07) is 10.5. The summed E-state index contributed by atoms with van der Waals surface area (Å²) < 4.78 is 0. The second kappa shape index (κ2) is 12.6. The number of nitrogens with two attached hydrogens (primary N) is 1. The van der Waals surface area contributed by atoms with E-state index in [4.69, 9.17) is 10.7 Å². The van der Waals surface area contributed by atoms with Crippen molar-refractivity contribution < 1.29 is 4.79 Å². The maximum Gasteiger partial charge on any atom is 0.220 e. The average molecular weight is 550 g/mol. The van der Waals surface area contributed by atoms with Crippen molar-refractivity contribution in [3.63, 3.8) is 0 Å². The molecule has 1 aliphatic rings. The number of hydrogen-bond acceptors (Lipinski definition) is 4. The summed E-state index contributed by atoms with van der Waals surface area (Å²) in [5, 5.41) is 6.76. The van der Waals surface area contributed by atoms with Crippen molar-refractivity contribution in [2.24, 2.45) is 16.6 Å². The van der Waals surface area contributed by atoms with Crippen LogP contribution < -0.4 is 21.3 Å². The predicted molar refractivity (Wildman–Crippen MR) is 141 cm³/mol. The molecule has 1 amide bonds. The number of rotatable bonds is 7. The van der Waals surface area contributed by atoms with Gasteiger partial charge >= 0.3 is 0 Å². The molecule has 1 saturated heterocycles. The SMILES string of the molecule is CCNC(=NCc1cccnc1N1CCC(C(N)=O)CC1)NCc1ccc(C)cc1C.I. The summed E-state index contributed by atoms with van der Waals surface area (Å²) >= 11 is 0. The molecule has 0 bridgehead atoms. The highest BCUT2D eigenvalue weighted by atomic mass is 127. The maximum absolute atomic E-state index is 11.5. The number of aromatic nitrogens is 1. The Bertz CT molecular complexity index is 924. The van der Waals surface area contributed by atoms with Crippen molar-refractivity contribution in [3.8, 4) is 0 Å². The average Bonchev–Trinajstić information content (AvgIpc) is 2.77. The lowest BCUT2D eigenvalue weighted by atomic mass is 9.96. The number of guanidine groups is 1. The number of carbonyl (C=O) groups excluding carboxylic acids is 1. The van der Waals surface area contributed by atoms with Gasteiger partial charge in [-0.3, -0.25) is 4.79 Å². The Balaban J connectivity index is 0.00000363. The quantitative estimate of drug-likeness (QED) is 0.280. The van der Waals surface area contributed by atoms with E-state index in [1.54, 1.807) is 0 Å². The third kappa shape index (κ3) is 7.08. The van der Waals surface area contributed by atoms with Crippen LogP contribution in [-0.4, -0.2) is 36.5 Å². The third-order valence-corrected chi connectivity index (χ3v) is 5.76. The number of nitrogens with zero attached hydrogens (tertiary/aromatic N) is 3. The molecule has 0 aliphatic carbocycles. The summed E-state index contributed by atoms with van der Waals surface area (Å²) in [5.41, 5.74) is 10.4. The molecule has 32 heavy (non-hydrogen) atoms. The number of primary amides is 1. The number of piperidine rings is 1. The first-order valence-corrected chi connectivity index (χ1v) is 11.0. The summed E-state index contributed by atoms with van der Waals surface area (Å²) in [4.78, 5) is 23.1. The number of aryl methyl sites for hydroxylation is 2. The zero-order valence-corrected chi connectivity index (χ0v) is 21.6. The van der Waals surface area contributed by atoms with E-state index in [1.165, 1.54) is 16.7 Å². The number of aliphatic imine (C=N–C) groups is 1. The molecule has 0 saturated carbocycles. The summed E-state index contributed by atoms with van der Waals surface area (Å²) in [6.07, 6.45) is 3.36. The van der Waals surface area contributed by atoms with Gasteiger partial charge in [0.1, 0.15) is 5.82 Å². The zero-order valence-electron chi connectivity index (χ0n) is 19.2. The molecule has 7 nitrogen and oxygen atoms in total. The lowest BCUT2D eigenvalue weighted by Crippen LogP contribution is -2.39. The van der Waals surface area contributed by atoms with Crippen LogP contribution in [0, 0.1) is 19.8 Å². The normalized spacial score (nSPS) is 14.6. The van der Waals surface area contributed by atoms with Gasteiger partial charge in [0, 0.05) is 43.9 Å². The van der Waals surface area contributed by atoms with Crippen LogP contribution in [0.15, 0.2) is 41.5 Å². The first kappa shape index (κ1) is 25.9. The Kier molecular flexibility index (Phi) is 10.2.